The smallest absolute Gasteiger partial charge is 0.397 e. The van der Waals surface area contributed by atoms with Crippen LogP contribution in [0.15, 0.2) is 50.3 Å². The van der Waals surface area contributed by atoms with Crippen LogP contribution in [-0.2, 0) is 11.3 Å². The lowest BCUT2D eigenvalue weighted by atomic mass is 10.1. The summed E-state index contributed by atoms with van der Waals surface area (Å²) in [6, 6.07) is 8.44. The van der Waals surface area contributed by atoms with Gasteiger partial charge in [0.25, 0.3) is 0 Å². The molecule has 0 N–H and O–H groups in total. The number of carbonyl (C=O) groups excluding carboxylic acids is 1. The van der Waals surface area contributed by atoms with Crippen LogP contribution in [0.1, 0.15) is 28.9 Å². The van der Waals surface area contributed by atoms with E-state index in [-0.39, 0.29) is 36.1 Å². The van der Waals surface area contributed by atoms with Crippen LogP contribution in [0, 0.1) is 6.92 Å². The quantitative estimate of drug-likeness (QED) is 0.621. The molecule has 1 aromatic carbocycles. The molecule has 3 aromatic rings. The van der Waals surface area contributed by atoms with E-state index in [0.29, 0.717) is 11.3 Å². The van der Waals surface area contributed by atoms with Gasteiger partial charge in [0.1, 0.15) is 12.4 Å². The molecule has 0 aliphatic rings. The lowest BCUT2D eigenvalue weighted by molar-refractivity contribution is 0.0470. The average molecular weight is 356 g/mol. The molecule has 134 valence electrons. The van der Waals surface area contributed by atoms with E-state index < -0.39 is 5.97 Å². The summed E-state index contributed by atoms with van der Waals surface area (Å²) in [7, 11) is 0. The van der Waals surface area contributed by atoms with E-state index >= 15 is 0 Å². The number of nitrogens with zero attached hydrogens (tertiary/aromatic N) is 2. The summed E-state index contributed by atoms with van der Waals surface area (Å²) in [5, 5.41) is 3.76. The Kier molecular flexibility index (Phi) is 5.12. The number of aryl methyl sites for hydroxylation is 1. The zero-order chi connectivity index (χ0) is 18.5. The van der Waals surface area contributed by atoms with Crippen molar-refractivity contribution in [3.05, 3.63) is 64.0 Å². The van der Waals surface area contributed by atoms with Crippen molar-refractivity contribution in [2.45, 2.75) is 20.5 Å². The number of aromatic nitrogens is 2. The molecule has 0 fully saturated rings. The lowest BCUT2D eigenvalue weighted by Gasteiger charge is -2.07. The summed E-state index contributed by atoms with van der Waals surface area (Å²) < 4.78 is 20.4. The molecule has 0 bridgehead atoms. The van der Waals surface area contributed by atoms with Crippen LogP contribution in [0.4, 0.5) is 0 Å². The third-order valence-corrected chi connectivity index (χ3v) is 3.48. The first-order valence-electron chi connectivity index (χ1n) is 7.90. The van der Waals surface area contributed by atoms with Gasteiger partial charge in [0.05, 0.1) is 12.9 Å². The number of hydrogen-bond acceptors (Lipinski definition) is 8. The molecule has 0 saturated heterocycles. The molecule has 0 radical (unpaired) electrons. The highest BCUT2D eigenvalue weighted by Crippen LogP contribution is 2.18. The van der Waals surface area contributed by atoms with Crippen LogP contribution >= 0.6 is 0 Å². The zero-order valence-electron chi connectivity index (χ0n) is 14.2. The number of esters is 1. The molecule has 0 saturated carbocycles. The van der Waals surface area contributed by atoms with Gasteiger partial charge in [-0.2, -0.15) is 4.98 Å². The van der Waals surface area contributed by atoms with Crippen LogP contribution < -0.4 is 10.2 Å². The van der Waals surface area contributed by atoms with Gasteiger partial charge in [-0.1, -0.05) is 29.4 Å². The maximum atomic E-state index is 11.8. The normalized spacial score (nSPS) is 10.5. The van der Waals surface area contributed by atoms with E-state index in [2.05, 4.69) is 10.1 Å². The number of benzene rings is 1. The fraction of sp³-hybridized carbons (Fsp3) is 0.222. The molecule has 0 aliphatic heterocycles. The minimum atomic E-state index is -0.659. The maximum Gasteiger partial charge on any atom is 0.397 e. The zero-order valence-corrected chi connectivity index (χ0v) is 14.2. The summed E-state index contributed by atoms with van der Waals surface area (Å²) >= 11 is 0. The number of rotatable bonds is 6. The number of carbonyl (C=O) groups is 1. The molecule has 8 heteroatoms. The molecule has 0 spiro atoms. The largest absolute Gasteiger partial charge is 0.482 e. The van der Waals surface area contributed by atoms with Crippen molar-refractivity contribution in [2.75, 3.05) is 6.61 Å². The number of ether oxygens (including phenoxy) is 2. The molecular formula is C18H16N2O6. The first kappa shape index (κ1) is 17.4. The molecule has 0 amide bonds. The highest BCUT2D eigenvalue weighted by molar-refractivity contribution is 5.84. The van der Waals surface area contributed by atoms with E-state index in [0.717, 1.165) is 5.56 Å². The molecular weight excluding hydrogens is 340 g/mol. The summed E-state index contributed by atoms with van der Waals surface area (Å²) in [5.41, 5.74) is 1.28. The van der Waals surface area contributed by atoms with Crippen LogP contribution in [0.25, 0.3) is 11.4 Å². The van der Waals surface area contributed by atoms with E-state index in [4.69, 9.17) is 18.4 Å². The molecule has 0 aliphatic carbocycles. The van der Waals surface area contributed by atoms with Gasteiger partial charge in [-0.05, 0) is 19.4 Å². The first-order valence-corrected chi connectivity index (χ1v) is 7.90. The topological polar surface area (TPSA) is 105 Å². The average Bonchev–Trinajstić information content (AvgIpc) is 3.12. The summed E-state index contributed by atoms with van der Waals surface area (Å²) in [5.74, 6) is 0.0372. The van der Waals surface area contributed by atoms with E-state index in [1.165, 1.54) is 12.3 Å². The Morgan fingerprint density at radius 1 is 1.19 bits per heavy atom. The van der Waals surface area contributed by atoms with E-state index in [1.807, 2.05) is 0 Å². The molecule has 8 nitrogen and oxygen atoms in total. The Morgan fingerprint density at radius 3 is 2.65 bits per heavy atom. The second kappa shape index (κ2) is 7.64. The van der Waals surface area contributed by atoms with Crippen molar-refractivity contribution in [1.29, 1.82) is 0 Å². The van der Waals surface area contributed by atoms with E-state index in [1.54, 1.807) is 38.1 Å². The van der Waals surface area contributed by atoms with Crippen LogP contribution in [-0.4, -0.2) is 22.7 Å². The summed E-state index contributed by atoms with van der Waals surface area (Å²) in [4.78, 5) is 27.3. The van der Waals surface area contributed by atoms with Gasteiger partial charge in [0.2, 0.25) is 17.0 Å². The fourth-order valence-electron chi connectivity index (χ4n) is 2.20. The molecule has 2 heterocycles. The predicted molar refractivity (Wildman–Crippen MR) is 89.7 cm³/mol. The maximum absolute atomic E-state index is 11.8. The van der Waals surface area contributed by atoms with Gasteiger partial charge in [0.15, 0.2) is 0 Å². The van der Waals surface area contributed by atoms with Gasteiger partial charge in [-0.15, -0.1) is 0 Å². The minimum absolute atomic E-state index is 0.189. The van der Waals surface area contributed by atoms with Gasteiger partial charge in [-0.3, -0.25) is 4.79 Å². The Morgan fingerprint density at radius 2 is 1.96 bits per heavy atom. The first-order chi connectivity index (χ1) is 12.6. The SMILES string of the molecule is CCOC(=O)c1nc(-c2ccc(COc3c(C)occc3=O)cc2)no1. The molecule has 26 heavy (non-hydrogen) atoms. The summed E-state index contributed by atoms with van der Waals surface area (Å²) in [6.45, 7) is 3.79. The van der Waals surface area contributed by atoms with Crippen molar-refractivity contribution in [3.63, 3.8) is 0 Å². The van der Waals surface area contributed by atoms with Crippen LogP contribution in [0.5, 0.6) is 5.75 Å². The lowest BCUT2D eigenvalue weighted by Crippen LogP contribution is -2.08. The third kappa shape index (κ3) is 3.80. The van der Waals surface area contributed by atoms with Crippen LogP contribution in [0.2, 0.25) is 0 Å². The molecule has 0 unspecified atom stereocenters. The van der Waals surface area contributed by atoms with Gasteiger partial charge >= 0.3 is 11.9 Å². The van der Waals surface area contributed by atoms with Crippen molar-refractivity contribution < 1.29 is 23.2 Å². The monoisotopic (exact) mass is 356 g/mol. The third-order valence-electron chi connectivity index (χ3n) is 3.48. The molecule has 2 aromatic heterocycles. The minimum Gasteiger partial charge on any atom is -0.482 e. The molecule has 3 rings (SSSR count). The molecule has 0 atom stereocenters. The second-order valence-corrected chi connectivity index (χ2v) is 5.30. The predicted octanol–water partition coefficient (Wildman–Crippen LogP) is 2.75. The second-order valence-electron chi connectivity index (χ2n) is 5.30. The van der Waals surface area contributed by atoms with Gasteiger partial charge < -0.3 is 18.4 Å². The van der Waals surface area contributed by atoms with Gasteiger partial charge in [0, 0.05) is 11.6 Å². The summed E-state index contributed by atoms with van der Waals surface area (Å²) in [6.07, 6.45) is 1.33. The Hall–Kier alpha value is -3.42. The van der Waals surface area contributed by atoms with E-state index in [9.17, 15) is 9.59 Å². The highest BCUT2D eigenvalue weighted by atomic mass is 16.6. The Bertz CT molecular complexity index is 958. The number of hydrogen-bond donors (Lipinski definition) is 0. The van der Waals surface area contributed by atoms with Crippen molar-refractivity contribution >= 4 is 5.97 Å². The van der Waals surface area contributed by atoms with Crippen LogP contribution in [0.3, 0.4) is 0 Å². The van der Waals surface area contributed by atoms with Gasteiger partial charge in [-0.25, -0.2) is 4.79 Å². The highest BCUT2D eigenvalue weighted by Gasteiger charge is 2.17. The van der Waals surface area contributed by atoms with Crippen molar-refractivity contribution in [3.8, 4) is 17.1 Å². The van der Waals surface area contributed by atoms with Crippen molar-refractivity contribution in [2.24, 2.45) is 0 Å². The van der Waals surface area contributed by atoms with Crippen molar-refractivity contribution in [1.82, 2.24) is 10.1 Å². The standard InChI is InChI=1S/C18H16N2O6/c1-3-23-18(22)17-19-16(20-26-17)13-6-4-12(5-7-13)10-25-15-11(2)24-9-8-14(15)21/h4-9H,3,10H2,1-2H3. The Balaban J connectivity index is 1.69. The Labute approximate surface area is 148 Å². The fourth-order valence-corrected chi connectivity index (χ4v) is 2.20.